The van der Waals surface area contributed by atoms with Gasteiger partial charge in [-0.2, -0.15) is 4.31 Å². The second-order valence-corrected chi connectivity index (χ2v) is 8.46. The number of hydrogen-bond acceptors (Lipinski definition) is 5. The molecule has 1 atom stereocenters. The quantitative estimate of drug-likeness (QED) is 0.851. The lowest BCUT2D eigenvalue weighted by Gasteiger charge is -2.38. The Labute approximate surface area is 123 Å². The van der Waals surface area contributed by atoms with Gasteiger partial charge in [0.05, 0.1) is 5.69 Å². The maximum Gasteiger partial charge on any atom is 0.254 e. The third kappa shape index (κ3) is 2.95. The third-order valence-electron chi connectivity index (χ3n) is 3.51. The Kier molecular flexibility index (Phi) is 4.52. The van der Waals surface area contributed by atoms with E-state index in [1.54, 1.807) is 11.2 Å². The highest BCUT2D eigenvalue weighted by Crippen LogP contribution is 2.30. The van der Waals surface area contributed by atoms with Crippen molar-refractivity contribution in [2.45, 2.75) is 30.5 Å². The van der Waals surface area contributed by atoms with Gasteiger partial charge >= 0.3 is 0 Å². The molecule has 1 fully saturated rings. The summed E-state index contributed by atoms with van der Waals surface area (Å²) < 4.78 is 27.3. The van der Waals surface area contributed by atoms with Crippen LogP contribution >= 0.6 is 22.9 Å². The number of nitrogens with zero attached hydrogens (tertiary/aromatic N) is 3. The van der Waals surface area contributed by atoms with Gasteiger partial charge in [0.25, 0.3) is 10.0 Å². The van der Waals surface area contributed by atoms with Crippen LogP contribution < -0.4 is 0 Å². The van der Waals surface area contributed by atoms with E-state index >= 15 is 0 Å². The fraction of sp³-hybridized carbons (Fsp3) is 0.727. The molecular weight excluding hydrogens is 306 g/mol. The molecule has 0 bridgehead atoms. The Bertz CT molecular complexity index is 558. The van der Waals surface area contributed by atoms with E-state index in [9.17, 15) is 8.42 Å². The molecule has 0 radical (unpaired) electrons. The first-order chi connectivity index (χ1) is 8.86. The summed E-state index contributed by atoms with van der Waals surface area (Å²) in [4.78, 5) is 6.20. The van der Waals surface area contributed by atoms with E-state index in [1.807, 2.05) is 7.05 Å². The summed E-state index contributed by atoms with van der Waals surface area (Å²) in [6.07, 6.45) is 0.935. The maximum atomic E-state index is 12.6. The fourth-order valence-electron chi connectivity index (χ4n) is 2.28. The number of aryl methyl sites for hydroxylation is 1. The van der Waals surface area contributed by atoms with Crippen molar-refractivity contribution in [3.8, 4) is 0 Å². The molecule has 0 saturated carbocycles. The number of aromatic nitrogens is 1. The highest BCUT2D eigenvalue weighted by atomic mass is 35.5. The lowest BCUT2D eigenvalue weighted by Crippen LogP contribution is -2.52. The molecule has 0 spiro atoms. The predicted octanol–water partition coefficient (Wildman–Crippen LogP) is 1.82. The minimum Gasteiger partial charge on any atom is -0.301 e. The molecule has 0 aliphatic carbocycles. The zero-order valence-corrected chi connectivity index (χ0v) is 13.6. The molecule has 0 amide bonds. The molecule has 0 N–H and O–H groups in total. The van der Waals surface area contributed by atoms with Crippen LogP contribution in [-0.2, 0) is 10.0 Å². The van der Waals surface area contributed by atoms with Crippen molar-refractivity contribution in [1.82, 2.24) is 14.2 Å². The summed E-state index contributed by atoms with van der Waals surface area (Å²) in [6, 6.07) is 0.271. The number of halogens is 1. The molecule has 1 aliphatic heterocycles. The van der Waals surface area contributed by atoms with Crippen LogP contribution in [-0.4, -0.2) is 55.3 Å². The van der Waals surface area contributed by atoms with Crippen LogP contribution in [0, 0.1) is 6.92 Å². The number of thiazole rings is 1. The SMILES string of the molecule is CCC1CN(S(=O)(=O)c2sc(Cl)nc2C)CCN1C. The van der Waals surface area contributed by atoms with E-state index in [1.165, 1.54) is 0 Å². The molecule has 1 saturated heterocycles. The van der Waals surface area contributed by atoms with Crippen LogP contribution in [0.3, 0.4) is 0 Å². The van der Waals surface area contributed by atoms with Gasteiger partial charge in [-0.25, -0.2) is 13.4 Å². The first-order valence-electron chi connectivity index (χ1n) is 6.19. The summed E-state index contributed by atoms with van der Waals surface area (Å²) in [5, 5.41) is 0. The van der Waals surface area contributed by atoms with Gasteiger partial charge in [0.15, 0.2) is 8.68 Å². The highest BCUT2D eigenvalue weighted by molar-refractivity contribution is 7.91. The van der Waals surface area contributed by atoms with Gasteiger partial charge in [-0.05, 0) is 20.4 Å². The van der Waals surface area contributed by atoms with Gasteiger partial charge < -0.3 is 4.90 Å². The number of hydrogen-bond donors (Lipinski definition) is 0. The third-order valence-corrected chi connectivity index (χ3v) is 7.23. The molecule has 1 aromatic rings. The van der Waals surface area contributed by atoms with Crippen LogP contribution in [0.4, 0.5) is 0 Å². The van der Waals surface area contributed by atoms with Crippen molar-refractivity contribution >= 4 is 33.0 Å². The van der Waals surface area contributed by atoms with Crippen LogP contribution in [0.2, 0.25) is 4.47 Å². The smallest absolute Gasteiger partial charge is 0.254 e. The van der Waals surface area contributed by atoms with Gasteiger partial charge in [0.1, 0.15) is 0 Å². The Morgan fingerprint density at radius 2 is 2.16 bits per heavy atom. The van der Waals surface area contributed by atoms with Crippen LogP contribution in [0.25, 0.3) is 0 Å². The van der Waals surface area contributed by atoms with Crippen molar-refractivity contribution in [1.29, 1.82) is 0 Å². The molecule has 1 aliphatic rings. The van der Waals surface area contributed by atoms with Gasteiger partial charge in [0, 0.05) is 25.7 Å². The molecular formula is C11H18ClN3O2S2. The maximum absolute atomic E-state index is 12.6. The van der Waals surface area contributed by atoms with Crippen molar-refractivity contribution in [2.24, 2.45) is 0 Å². The zero-order chi connectivity index (χ0) is 14.2. The monoisotopic (exact) mass is 323 g/mol. The van der Waals surface area contributed by atoms with Gasteiger partial charge in [-0.15, -0.1) is 0 Å². The largest absolute Gasteiger partial charge is 0.301 e. The lowest BCUT2D eigenvalue weighted by molar-refractivity contribution is 0.144. The molecule has 0 aromatic carbocycles. The Hall–Kier alpha value is -0.210. The van der Waals surface area contributed by atoms with E-state index in [-0.39, 0.29) is 14.7 Å². The zero-order valence-electron chi connectivity index (χ0n) is 11.3. The summed E-state index contributed by atoms with van der Waals surface area (Å²) in [5.41, 5.74) is 0.488. The second kappa shape index (κ2) is 5.65. The predicted molar refractivity (Wildman–Crippen MR) is 77.3 cm³/mol. The summed E-state index contributed by atoms with van der Waals surface area (Å²) >= 11 is 6.84. The van der Waals surface area contributed by atoms with Crippen molar-refractivity contribution in [3.63, 3.8) is 0 Å². The molecule has 19 heavy (non-hydrogen) atoms. The summed E-state index contributed by atoms with van der Waals surface area (Å²) in [6.45, 7) is 5.56. The van der Waals surface area contributed by atoms with Gasteiger partial charge in [-0.3, -0.25) is 0 Å². The highest BCUT2D eigenvalue weighted by Gasteiger charge is 2.34. The molecule has 5 nitrogen and oxygen atoms in total. The first-order valence-corrected chi connectivity index (χ1v) is 8.83. The van der Waals surface area contributed by atoms with Gasteiger partial charge in [-0.1, -0.05) is 29.9 Å². The molecule has 108 valence electrons. The van der Waals surface area contributed by atoms with Crippen molar-refractivity contribution < 1.29 is 8.42 Å². The average Bonchev–Trinajstić information content (AvgIpc) is 2.69. The number of likely N-dealkylation sites (N-methyl/N-ethyl adjacent to an activating group) is 1. The standard InChI is InChI=1S/C11H18ClN3O2S2/c1-4-9-7-15(6-5-14(9)3)19(16,17)10-8(2)13-11(12)18-10/h9H,4-7H2,1-3H3. The molecule has 2 heterocycles. The van der Waals surface area contributed by atoms with Crippen LogP contribution in [0.5, 0.6) is 0 Å². The van der Waals surface area contributed by atoms with Gasteiger partial charge in [0.2, 0.25) is 0 Å². The lowest BCUT2D eigenvalue weighted by atomic mass is 10.1. The van der Waals surface area contributed by atoms with E-state index < -0.39 is 10.0 Å². The van der Waals surface area contributed by atoms with E-state index in [0.29, 0.717) is 18.8 Å². The minimum atomic E-state index is -3.46. The Morgan fingerprint density at radius 1 is 1.47 bits per heavy atom. The Balaban J connectivity index is 2.28. The summed E-state index contributed by atoms with van der Waals surface area (Å²) in [7, 11) is -1.43. The van der Waals surface area contributed by atoms with E-state index in [0.717, 1.165) is 24.3 Å². The topological polar surface area (TPSA) is 53.5 Å². The Morgan fingerprint density at radius 3 is 2.68 bits per heavy atom. The van der Waals surface area contributed by atoms with Crippen LogP contribution in [0.1, 0.15) is 19.0 Å². The van der Waals surface area contributed by atoms with Crippen molar-refractivity contribution in [2.75, 3.05) is 26.7 Å². The number of rotatable bonds is 3. The molecule has 8 heteroatoms. The molecule has 2 rings (SSSR count). The molecule has 1 aromatic heterocycles. The van der Waals surface area contributed by atoms with Crippen LogP contribution in [0.15, 0.2) is 4.21 Å². The first kappa shape index (κ1) is 15.2. The van der Waals surface area contributed by atoms with E-state index in [2.05, 4.69) is 16.8 Å². The fourth-order valence-corrected chi connectivity index (χ4v) is 5.63. The molecule has 1 unspecified atom stereocenters. The van der Waals surface area contributed by atoms with E-state index in [4.69, 9.17) is 11.6 Å². The van der Waals surface area contributed by atoms with Crippen molar-refractivity contribution in [3.05, 3.63) is 10.2 Å². The average molecular weight is 324 g/mol. The minimum absolute atomic E-state index is 0.271. The normalized spacial score (nSPS) is 22.8. The summed E-state index contributed by atoms with van der Waals surface area (Å²) in [5.74, 6) is 0. The second-order valence-electron chi connectivity index (χ2n) is 4.75. The number of sulfonamides is 1. The number of piperazine rings is 1.